The van der Waals surface area contributed by atoms with Gasteiger partial charge in [0, 0.05) is 0 Å². The number of hydrogen-bond acceptors (Lipinski definition) is 2. The van der Waals surface area contributed by atoms with Crippen LogP contribution < -0.4 is 0 Å². The van der Waals surface area contributed by atoms with Crippen molar-refractivity contribution in [3.63, 3.8) is 0 Å². The fourth-order valence-electron chi connectivity index (χ4n) is 1.02. The van der Waals surface area contributed by atoms with E-state index in [0.717, 1.165) is 12.0 Å². The van der Waals surface area contributed by atoms with Gasteiger partial charge in [0.2, 0.25) is 0 Å². The largest absolute Gasteiger partial charge is 0.464 e. The number of rotatable bonds is 2. The van der Waals surface area contributed by atoms with Gasteiger partial charge in [0.05, 0.1) is 7.11 Å². The second-order valence-corrected chi connectivity index (χ2v) is 2.77. The Bertz CT molecular complexity index is 293. The van der Waals surface area contributed by atoms with Crippen LogP contribution in [0.15, 0.2) is 6.07 Å². The molecular formula is C8H10ClNO2. The highest BCUT2D eigenvalue weighted by Gasteiger charge is 2.13. The Morgan fingerprint density at radius 1 is 1.75 bits per heavy atom. The lowest BCUT2D eigenvalue weighted by atomic mass is 10.2. The third-order valence-corrected chi connectivity index (χ3v) is 1.84. The maximum Gasteiger partial charge on any atom is 0.354 e. The predicted octanol–water partition coefficient (Wildman–Crippen LogP) is 2.02. The van der Waals surface area contributed by atoms with Gasteiger partial charge in [-0.25, -0.2) is 4.79 Å². The molecule has 0 aromatic carbocycles. The van der Waals surface area contributed by atoms with Gasteiger partial charge < -0.3 is 9.72 Å². The van der Waals surface area contributed by atoms with Crippen LogP contribution >= 0.6 is 11.6 Å². The lowest BCUT2D eigenvalue weighted by Gasteiger charge is -1.97. The Morgan fingerprint density at radius 2 is 2.42 bits per heavy atom. The molecule has 0 spiro atoms. The van der Waals surface area contributed by atoms with Crippen LogP contribution in [-0.4, -0.2) is 18.1 Å². The number of carbonyl (C=O) groups excluding carboxylic acids is 1. The summed E-state index contributed by atoms with van der Waals surface area (Å²) < 4.78 is 4.56. The van der Waals surface area contributed by atoms with Crippen LogP contribution in [0.4, 0.5) is 0 Å². The maximum atomic E-state index is 11.1. The number of nitrogens with one attached hydrogen (secondary N) is 1. The van der Waals surface area contributed by atoms with E-state index in [4.69, 9.17) is 11.6 Å². The molecule has 66 valence electrons. The quantitative estimate of drug-likeness (QED) is 0.720. The number of hydrogen-bond donors (Lipinski definition) is 1. The molecule has 0 aliphatic rings. The zero-order chi connectivity index (χ0) is 9.14. The Morgan fingerprint density at radius 3 is 2.92 bits per heavy atom. The monoisotopic (exact) mass is 187 g/mol. The molecule has 3 nitrogen and oxygen atoms in total. The first kappa shape index (κ1) is 9.13. The van der Waals surface area contributed by atoms with Crippen LogP contribution in [0, 0.1) is 0 Å². The van der Waals surface area contributed by atoms with Gasteiger partial charge in [-0.2, -0.15) is 0 Å². The van der Waals surface area contributed by atoms with Crippen molar-refractivity contribution in [1.82, 2.24) is 4.98 Å². The molecule has 1 rings (SSSR count). The zero-order valence-electron chi connectivity index (χ0n) is 6.98. The number of esters is 1. The third-order valence-electron chi connectivity index (χ3n) is 1.64. The van der Waals surface area contributed by atoms with Crippen LogP contribution in [0.3, 0.4) is 0 Å². The molecule has 0 saturated heterocycles. The summed E-state index contributed by atoms with van der Waals surface area (Å²) in [6, 6.07) is 1.73. The number of H-pyrrole nitrogens is 1. The normalized spacial score (nSPS) is 9.92. The minimum absolute atomic E-state index is 0.376. The number of methoxy groups -OCH3 is 1. The van der Waals surface area contributed by atoms with Gasteiger partial charge in [0.1, 0.15) is 10.8 Å². The van der Waals surface area contributed by atoms with Gasteiger partial charge in [-0.3, -0.25) is 0 Å². The first-order valence-corrected chi connectivity index (χ1v) is 4.02. The standard InChI is InChI=1S/C8H10ClNO2/c1-3-5-4-6(9)10-7(5)8(11)12-2/h4,10H,3H2,1-2H3. The van der Waals surface area contributed by atoms with E-state index in [1.807, 2.05) is 6.92 Å². The van der Waals surface area contributed by atoms with Crippen LogP contribution in [0.5, 0.6) is 0 Å². The first-order chi connectivity index (χ1) is 5.69. The number of ether oxygens (including phenoxy) is 1. The Labute approximate surface area is 75.7 Å². The lowest BCUT2D eigenvalue weighted by Crippen LogP contribution is -2.04. The van der Waals surface area contributed by atoms with E-state index in [9.17, 15) is 4.79 Å². The second kappa shape index (κ2) is 3.63. The maximum absolute atomic E-state index is 11.1. The zero-order valence-corrected chi connectivity index (χ0v) is 7.73. The Kier molecular flexibility index (Phi) is 2.76. The highest BCUT2D eigenvalue weighted by atomic mass is 35.5. The fourth-order valence-corrected chi connectivity index (χ4v) is 1.25. The average Bonchev–Trinajstić information content (AvgIpc) is 2.45. The molecule has 0 atom stereocenters. The number of aromatic nitrogens is 1. The molecule has 0 unspecified atom stereocenters. The molecule has 0 fully saturated rings. The summed E-state index contributed by atoms with van der Waals surface area (Å²) in [6.45, 7) is 1.95. The van der Waals surface area contributed by atoms with E-state index in [2.05, 4.69) is 9.72 Å². The van der Waals surface area contributed by atoms with Gasteiger partial charge in [0.15, 0.2) is 0 Å². The molecule has 12 heavy (non-hydrogen) atoms. The molecule has 4 heteroatoms. The van der Waals surface area contributed by atoms with Crippen molar-refractivity contribution >= 4 is 17.6 Å². The lowest BCUT2D eigenvalue weighted by molar-refractivity contribution is 0.0593. The van der Waals surface area contributed by atoms with E-state index in [1.54, 1.807) is 6.07 Å². The molecule has 0 amide bonds. The van der Waals surface area contributed by atoms with Gasteiger partial charge in [-0.05, 0) is 18.1 Å². The summed E-state index contributed by atoms with van der Waals surface area (Å²) in [5.41, 5.74) is 1.33. The Hall–Kier alpha value is -0.960. The van der Waals surface area contributed by atoms with E-state index in [-0.39, 0.29) is 5.97 Å². The van der Waals surface area contributed by atoms with Crippen molar-refractivity contribution < 1.29 is 9.53 Å². The van der Waals surface area contributed by atoms with E-state index < -0.39 is 0 Å². The number of carbonyl (C=O) groups is 1. The van der Waals surface area contributed by atoms with Crippen molar-refractivity contribution in [2.24, 2.45) is 0 Å². The van der Waals surface area contributed by atoms with E-state index >= 15 is 0 Å². The summed E-state index contributed by atoms with van der Waals surface area (Å²) in [7, 11) is 1.34. The van der Waals surface area contributed by atoms with Crippen molar-refractivity contribution in [3.05, 3.63) is 22.5 Å². The minimum Gasteiger partial charge on any atom is -0.464 e. The van der Waals surface area contributed by atoms with Crippen LogP contribution in [-0.2, 0) is 11.2 Å². The summed E-state index contributed by atoms with van der Waals surface area (Å²) >= 11 is 5.68. The van der Waals surface area contributed by atoms with Crippen molar-refractivity contribution in [2.45, 2.75) is 13.3 Å². The number of halogens is 1. The average molecular weight is 188 g/mol. The van der Waals surface area contributed by atoms with Crippen molar-refractivity contribution in [2.75, 3.05) is 7.11 Å². The van der Waals surface area contributed by atoms with Gasteiger partial charge in [-0.1, -0.05) is 18.5 Å². The molecular weight excluding hydrogens is 178 g/mol. The predicted molar refractivity (Wildman–Crippen MR) is 46.5 cm³/mol. The molecule has 0 saturated carbocycles. The third kappa shape index (κ3) is 1.61. The molecule has 1 aromatic heterocycles. The van der Waals surface area contributed by atoms with Crippen LogP contribution in [0.1, 0.15) is 23.0 Å². The topological polar surface area (TPSA) is 42.1 Å². The minimum atomic E-state index is -0.376. The SMILES string of the molecule is CCc1cc(Cl)[nH]c1C(=O)OC. The van der Waals surface area contributed by atoms with E-state index in [0.29, 0.717) is 10.8 Å². The van der Waals surface area contributed by atoms with Crippen LogP contribution in [0.2, 0.25) is 5.15 Å². The highest BCUT2D eigenvalue weighted by molar-refractivity contribution is 6.29. The summed E-state index contributed by atoms with van der Waals surface area (Å²) in [5.74, 6) is -0.376. The number of aromatic amines is 1. The molecule has 0 radical (unpaired) electrons. The number of aryl methyl sites for hydroxylation is 1. The van der Waals surface area contributed by atoms with Crippen molar-refractivity contribution in [1.29, 1.82) is 0 Å². The van der Waals surface area contributed by atoms with Crippen molar-refractivity contribution in [3.8, 4) is 0 Å². The van der Waals surface area contributed by atoms with Gasteiger partial charge in [-0.15, -0.1) is 0 Å². The fraction of sp³-hybridized carbons (Fsp3) is 0.375. The second-order valence-electron chi connectivity index (χ2n) is 2.36. The highest BCUT2D eigenvalue weighted by Crippen LogP contribution is 2.16. The van der Waals surface area contributed by atoms with Crippen LogP contribution in [0.25, 0.3) is 0 Å². The smallest absolute Gasteiger partial charge is 0.354 e. The molecule has 0 bridgehead atoms. The van der Waals surface area contributed by atoms with Gasteiger partial charge >= 0.3 is 5.97 Å². The Balaban J connectivity index is 3.04. The summed E-state index contributed by atoms with van der Waals surface area (Å²) in [6.07, 6.45) is 0.758. The summed E-state index contributed by atoms with van der Waals surface area (Å²) in [4.78, 5) is 13.8. The molecule has 1 heterocycles. The summed E-state index contributed by atoms with van der Waals surface area (Å²) in [5, 5.41) is 0.465. The van der Waals surface area contributed by atoms with Gasteiger partial charge in [0.25, 0.3) is 0 Å². The molecule has 1 N–H and O–H groups in total. The molecule has 1 aromatic rings. The van der Waals surface area contributed by atoms with E-state index in [1.165, 1.54) is 7.11 Å². The first-order valence-electron chi connectivity index (χ1n) is 3.64. The molecule has 0 aliphatic carbocycles. The molecule has 0 aliphatic heterocycles.